The van der Waals surface area contributed by atoms with Gasteiger partial charge in [0.25, 0.3) is 11.5 Å². The number of amides is 1. The lowest BCUT2D eigenvalue weighted by molar-refractivity contribution is 0.0917. The maximum atomic E-state index is 13.1. The number of ether oxygens (including phenoxy) is 1. The Morgan fingerprint density at radius 3 is 2.63 bits per heavy atom. The van der Waals surface area contributed by atoms with Crippen LogP contribution in [-0.4, -0.2) is 58.1 Å². The van der Waals surface area contributed by atoms with Crippen LogP contribution in [0.15, 0.2) is 35.3 Å². The van der Waals surface area contributed by atoms with Crippen molar-refractivity contribution in [1.82, 2.24) is 24.8 Å². The number of allylic oxidation sites excluding steroid dienone is 1. The average molecular weight is 517 g/mol. The highest BCUT2D eigenvalue weighted by molar-refractivity contribution is 5.95. The third kappa shape index (κ3) is 5.57. The van der Waals surface area contributed by atoms with E-state index in [1.807, 2.05) is 44.2 Å². The highest BCUT2D eigenvalue weighted by Gasteiger charge is 2.25. The number of anilines is 2. The first kappa shape index (κ1) is 25.9. The van der Waals surface area contributed by atoms with Gasteiger partial charge in [-0.2, -0.15) is 0 Å². The van der Waals surface area contributed by atoms with E-state index in [0.29, 0.717) is 46.4 Å². The fourth-order valence-corrected chi connectivity index (χ4v) is 4.80. The molecule has 2 aliphatic rings. The third-order valence-electron chi connectivity index (χ3n) is 7.41. The van der Waals surface area contributed by atoms with Gasteiger partial charge < -0.3 is 24.8 Å². The number of likely N-dealkylation sites (tertiary alicyclic amines) is 1. The van der Waals surface area contributed by atoms with Crippen LogP contribution in [0.3, 0.4) is 0 Å². The number of aromatic nitrogens is 3. The Hall–Kier alpha value is -3.72. The van der Waals surface area contributed by atoms with Gasteiger partial charge in [0, 0.05) is 24.3 Å². The van der Waals surface area contributed by atoms with Gasteiger partial charge in [0.05, 0.1) is 23.9 Å². The summed E-state index contributed by atoms with van der Waals surface area (Å²) in [7, 11) is 3.82. The van der Waals surface area contributed by atoms with Crippen molar-refractivity contribution >= 4 is 34.7 Å². The molecule has 0 atom stereocenters. The molecule has 9 heteroatoms. The molecule has 5 rings (SSSR count). The van der Waals surface area contributed by atoms with Crippen LogP contribution >= 0.6 is 0 Å². The molecule has 2 aromatic heterocycles. The zero-order valence-electron chi connectivity index (χ0n) is 22.6. The van der Waals surface area contributed by atoms with Crippen molar-refractivity contribution in [1.29, 1.82) is 0 Å². The molecule has 200 valence electrons. The second-order valence-corrected chi connectivity index (χ2v) is 10.5. The van der Waals surface area contributed by atoms with Crippen LogP contribution in [0.1, 0.15) is 54.1 Å². The molecule has 2 fully saturated rings. The molecular weight excluding hydrogens is 480 g/mol. The van der Waals surface area contributed by atoms with E-state index >= 15 is 0 Å². The van der Waals surface area contributed by atoms with Crippen molar-refractivity contribution in [2.24, 2.45) is 13.0 Å². The topological polar surface area (TPSA) is 101 Å². The summed E-state index contributed by atoms with van der Waals surface area (Å²) < 4.78 is 7.54. The van der Waals surface area contributed by atoms with Gasteiger partial charge >= 0.3 is 0 Å². The summed E-state index contributed by atoms with van der Waals surface area (Å²) >= 11 is 0. The lowest BCUT2D eigenvalue weighted by Crippen LogP contribution is -2.43. The molecule has 0 spiro atoms. The summed E-state index contributed by atoms with van der Waals surface area (Å²) in [6.07, 6.45) is 9.62. The van der Waals surface area contributed by atoms with E-state index in [1.54, 1.807) is 13.2 Å². The fraction of sp³-hybridized carbons (Fsp3) is 0.448. The highest BCUT2D eigenvalue weighted by atomic mass is 16.5. The SMILES string of the molecule is C/C=C/c1c(OCC2CC2)c(=O)n(C)c2cnc(Nc3ccc(C(=O)NC4CCN(C)CC4)cc3C)nc12. The fourth-order valence-electron chi connectivity index (χ4n) is 4.80. The highest BCUT2D eigenvalue weighted by Crippen LogP contribution is 2.31. The van der Waals surface area contributed by atoms with Crippen LogP contribution in [0.25, 0.3) is 17.1 Å². The van der Waals surface area contributed by atoms with Gasteiger partial charge in [0.2, 0.25) is 5.95 Å². The Morgan fingerprint density at radius 1 is 1.18 bits per heavy atom. The average Bonchev–Trinajstić information content (AvgIpc) is 3.74. The second-order valence-electron chi connectivity index (χ2n) is 10.5. The second kappa shape index (κ2) is 10.9. The number of pyridine rings is 1. The van der Waals surface area contributed by atoms with Crippen molar-refractivity contribution in [2.75, 3.05) is 32.1 Å². The predicted octanol–water partition coefficient (Wildman–Crippen LogP) is 4.03. The Labute approximate surface area is 222 Å². The van der Waals surface area contributed by atoms with E-state index in [4.69, 9.17) is 9.72 Å². The summed E-state index contributed by atoms with van der Waals surface area (Å²) in [5, 5.41) is 6.46. The van der Waals surface area contributed by atoms with Gasteiger partial charge in [-0.15, -0.1) is 0 Å². The molecule has 1 aliphatic heterocycles. The summed E-state index contributed by atoms with van der Waals surface area (Å²) in [5.41, 5.74) is 4.09. The number of nitrogens with one attached hydrogen (secondary N) is 2. The van der Waals surface area contributed by atoms with Crippen molar-refractivity contribution in [2.45, 2.75) is 45.6 Å². The minimum absolute atomic E-state index is 0.0493. The molecule has 1 saturated heterocycles. The lowest BCUT2D eigenvalue weighted by atomic mass is 10.0. The number of carbonyl (C=O) groups excluding carboxylic acids is 1. The van der Waals surface area contributed by atoms with E-state index in [1.165, 1.54) is 4.57 Å². The van der Waals surface area contributed by atoms with E-state index < -0.39 is 0 Å². The van der Waals surface area contributed by atoms with Crippen molar-refractivity contribution in [3.05, 3.63) is 57.5 Å². The molecule has 1 amide bonds. The Balaban J connectivity index is 1.39. The smallest absolute Gasteiger partial charge is 0.293 e. The molecule has 0 radical (unpaired) electrons. The number of piperidine rings is 1. The van der Waals surface area contributed by atoms with Crippen LogP contribution < -0.4 is 20.9 Å². The Morgan fingerprint density at radius 2 is 1.95 bits per heavy atom. The third-order valence-corrected chi connectivity index (χ3v) is 7.41. The largest absolute Gasteiger partial charge is 0.487 e. The predicted molar refractivity (Wildman–Crippen MR) is 150 cm³/mol. The van der Waals surface area contributed by atoms with Crippen LogP contribution in [0.4, 0.5) is 11.6 Å². The Bertz CT molecular complexity index is 1430. The van der Waals surface area contributed by atoms with E-state index in [9.17, 15) is 9.59 Å². The first-order valence-electron chi connectivity index (χ1n) is 13.4. The molecule has 3 heterocycles. The summed E-state index contributed by atoms with van der Waals surface area (Å²) in [6, 6.07) is 5.79. The molecule has 0 bridgehead atoms. The Kier molecular flexibility index (Phi) is 7.46. The zero-order chi connectivity index (χ0) is 26.8. The summed E-state index contributed by atoms with van der Waals surface area (Å²) in [5.74, 6) is 1.20. The minimum atomic E-state index is -0.194. The standard InChI is InChI=1S/C29H36N6O3/c1-5-6-22-25-24(35(4)28(37)26(22)38-17-19-7-8-19)16-30-29(33-25)32-23-10-9-20(15-18(23)2)27(36)31-21-11-13-34(3)14-12-21/h5-6,9-10,15-16,19,21H,7-8,11-14,17H2,1-4H3,(H,31,36)(H,30,32,33)/b6-5+. The molecule has 0 unspecified atom stereocenters. The number of carbonyl (C=O) groups is 1. The van der Waals surface area contributed by atoms with Gasteiger partial charge in [-0.25, -0.2) is 9.97 Å². The normalized spacial score (nSPS) is 16.7. The number of hydrogen-bond acceptors (Lipinski definition) is 7. The van der Waals surface area contributed by atoms with E-state index in [2.05, 4.69) is 27.6 Å². The quantitative estimate of drug-likeness (QED) is 0.466. The van der Waals surface area contributed by atoms with Crippen LogP contribution in [0.5, 0.6) is 5.75 Å². The monoisotopic (exact) mass is 516 g/mol. The first-order valence-corrected chi connectivity index (χ1v) is 13.4. The van der Waals surface area contributed by atoms with Gasteiger partial charge in [-0.3, -0.25) is 9.59 Å². The van der Waals surface area contributed by atoms with E-state index in [-0.39, 0.29) is 17.5 Å². The first-order chi connectivity index (χ1) is 18.3. The van der Waals surface area contributed by atoms with Gasteiger partial charge in [0.1, 0.15) is 5.52 Å². The van der Waals surface area contributed by atoms with Crippen LogP contribution in [0, 0.1) is 12.8 Å². The molecule has 1 aliphatic carbocycles. The maximum Gasteiger partial charge on any atom is 0.293 e. The molecule has 3 aromatic rings. The minimum Gasteiger partial charge on any atom is -0.487 e. The lowest BCUT2D eigenvalue weighted by Gasteiger charge is -2.29. The molecule has 1 saturated carbocycles. The molecule has 9 nitrogen and oxygen atoms in total. The van der Waals surface area contributed by atoms with Crippen LogP contribution in [-0.2, 0) is 7.05 Å². The van der Waals surface area contributed by atoms with Gasteiger partial charge in [-0.05, 0) is 89.3 Å². The summed E-state index contributed by atoms with van der Waals surface area (Å²) in [6.45, 7) is 6.39. The number of aryl methyl sites for hydroxylation is 2. The number of nitrogens with zero attached hydrogens (tertiary/aromatic N) is 4. The number of benzene rings is 1. The number of rotatable bonds is 8. The van der Waals surface area contributed by atoms with Gasteiger partial charge in [-0.1, -0.05) is 12.2 Å². The van der Waals surface area contributed by atoms with Crippen molar-refractivity contribution in [3.8, 4) is 5.75 Å². The summed E-state index contributed by atoms with van der Waals surface area (Å²) in [4.78, 5) is 37.4. The van der Waals surface area contributed by atoms with Crippen molar-refractivity contribution < 1.29 is 9.53 Å². The van der Waals surface area contributed by atoms with E-state index in [0.717, 1.165) is 50.0 Å². The molecular formula is C29H36N6O3. The number of fused-ring (bicyclic) bond motifs is 1. The number of hydrogen-bond donors (Lipinski definition) is 2. The molecule has 1 aromatic carbocycles. The molecule has 38 heavy (non-hydrogen) atoms. The van der Waals surface area contributed by atoms with Gasteiger partial charge in [0.15, 0.2) is 5.75 Å². The maximum absolute atomic E-state index is 13.1. The van der Waals surface area contributed by atoms with Crippen LogP contribution in [0.2, 0.25) is 0 Å². The zero-order valence-corrected chi connectivity index (χ0v) is 22.6. The van der Waals surface area contributed by atoms with Crippen molar-refractivity contribution in [3.63, 3.8) is 0 Å². The molecule has 2 N–H and O–H groups in total.